The molecule has 1 aromatic carbocycles. The van der Waals surface area contributed by atoms with Gasteiger partial charge in [-0.25, -0.2) is 0 Å². The van der Waals surface area contributed by atoms with Crippen LogP contribution in [-0.4, -0.2) is 16.2 Å². The van der Waals surface area contributed by atoms with Crippen molar-refractivity contribution in [1.82, 2.24) is 10.1 Å². The van der Waals surface area contributed by atoms with E-state index in [1.807, 2.05) is 32.0 Å². The molecule has 0 spiro atoms. The van der Waals surface area contributed by atoms with Crippen LogP contribution >= 0.6 is 0 Å². The number of anilines is 1. The van der Waals surface area contributed by atoms with Gasteiger partial charge in [-0.3, -0.25) is 0 Å². The number of hydrogen-bond donors (Lipinski definition) is 1. The lowest BCUT2D eigenvalue weighted by Crippen LogP contribution is -2.02. The average molecular weight is 233 g/mol. The highest BCUT2D eigenvalue weighted by Gasteiger charge is 2.11. The maximum atomic E-state index is 5.83. The van der Waals surface area contributed by atoms with Crippen molar-refractivity contribution in [2.45, 2.75) is 26.6 Å². The molecule has 0 unspecified atom stereocenters. The van der Waals surface area contributed by atoms with E-state index in [1.165, 1.54) is 0 Å². The van der Waals surface area contributed by atoms with Gasteiger partial charge in [0.15, 0.2) is 0 Å². The quantitative estimate of drug-likeness (QED) is 0.820. The Morgan fingerprint density at radius 2 is 2.12 bits per heavy atom. The zero-order valence-corrected chi connectivity index (χ0v) is 9.88. The van der Waals surface area contributed by atoms with E-state index in [1.54, 1.807) is 6.07 Å². The Morgan fingerprint density at radius 1 is 1.35 bits per heavy atom. The highest BCUT2D eigenvalue weighted by molar-refractivity contribution is 5.70. The predicted molar refractivity (Wildman–Crippen MR) is 64.1 cm³/mol. The lowest BCUT2D eigenvalue weighted by atomic mass is 10.2. The van der Waals surface area contributed by atoms with Crippen LogP contribution in [0.4, 0.5) is 5.69 Å². The van der Waals surface area contributed by atoms with Crippen molar-refractivity contribution in [1.29, 1.82) is 0 Å². The highest BCUT2D eigenvalue weighted by Crippen LogP contribution is 2.22. The molecule has 0 bridgehead atoms. The summed E-state index contributed by atoms with van der Waals surface area (Å²) in [6, 6.07) is 7.40. The first kappa shape index (κ1) is 11.6. The van der Waals surface area contributed by atoms with Crippen LogP contribution in [0.25, 0.3) is 11.4 Å². The molecule has 5 nitrogen and oxygen atoms in total. The number of ether oxygens (including phenoxy) is 1. The fourth-order valence-corrected chi connectivity index (χ4v) is 1.36. The third-order valence-corrected chi connectivity index (χ3v) is 2.21. The fourth-order valence-electron chi connectivity index (χ4n) is 1.36. The van der Waals surface area contributed by atoms with Crippen LogP contribution < -0.4 is 5.73 Å². The molecule has 0 radical (unpaired) electrons. The van der Waals surface area contributed by atoms with Crippen LogP contribution in [0.15, 0.2) is 28.8 Å². The molecule has 0 saturated carbocycles. The maximum absolute atomic E-state index is 5.83. The molecule has 0 aliphatic rings. The number of nitrogen functional groups attached to an aromatic ring is 1. The third-order valence-electron chi connectivity index (χ3n) is 2.21. The van der Waals surface area contributed by atoms with Crippen molar-refractivity contribution in [3.63, 3.8) is 0 Å². The largest absolute Gasteiger partial charge is 0.398 e. The van der Waals surface area contributed by atoms with Crippen molar-refractivity contribution >= 4 is 5.69 Å². The summed E-state index contributed by atoms with van der Waals surface area (Å²) in [5.74, 6) is 0.947. The second kappa shape index (κ2) is 4.97. The van der Waals surface area contributed by atoms with E-state index in [-0.39, 0.29) is 6.10 Å². The summed E-state index contributed by atoms with van der Waals surface area (Å²) in [5, 5.41) is 3.88. The number of para-hydroxylation sites is 1. The second-order valence-corrected chi connectivity index (χ2v) is 3.96. The van der Waals surface area contributed by atoms with Gasteiger partial charge in [-0.05, 0) is 26.0 Å². The smallest absolute Gasteiger partial charge is 0.252 e. The molecule has 0 aliphatic heterocycles. The molecular weight excluding hydrogens is 218 g/mol. The number of hydrogen-bond acceptors (Lipinski definition) is 5. The van der Waals surface area contributed by atoms with Crippen LogP contribution in [0.2, 0.25) is 0 Å². The minimum absolute atomic E-state index is 0.132. The van der Waals surface area contributed by atoms with Crippen molar-refractivity contribution in [2.75, 3.05) is 5.73 Å². The molecule has 0 amide bonds. The minimum atomic E-state index is 0.132. The summed E-state index contributed by atoms with van der Waals surface area (Å²) >= 11 is 0. The minimum Gasteiger partial charge on any atom is -0.398 e. The molecule has 2 rings (SSSR count). The Labute approximate surface area is 99.6 Å². The zero-order chi connectivity index (χ0) is 12.3. The van der Waals surface area contributed by atoms with Gasteiger partial charge in [-0.15, -0.1) is 0 Å². The van der Waals surface area contributed by atoms with Crippen molar-refractivity contribution in [2.24, 2.45) is 0 Å². The molecule has 2 N–H and O–H groups in total. The maximum Gasteiger partial charge on any atom is 0.252 e. The van der Waals surface area contributed by atoms with Crippen LogP contribution in [0, 0.1) is 0 Å². The van der Waals surface area contributed by atoms with E-state index in [0.29, 0.717) is 24.0 Å². The van der Waals surface area contributed by atoms with Crippen LogP contribution in [0.5, 0.6) is 0 Å². The molecule has 0 saturated heterocycles. The standard InChI is InChI=1S/C12H15N3O2/c1-8(2)16-7-11-14-12(15-17-11)9-5-3-4-6-10(9)13/h3-6,8H,7,13H2,1-2H3. The normalized spacial score (nSPS) is 11.0. The van der Waals surface area contributed by atoms with Crippen LogP contribution in [0.1, 0.15) is 19.7 Å². The first-order valence-corrected chi connectivity index (χ1v) is 5.46. The molecule has 17 heavy (non-hydrogen) atoms. The molecular formula is C12H15N3O2. The lowest BCUT2D eigenvalue weighted by molar-refractivity contribution is 0.0485. The summed E-state index contributed by atoms with van der Waals surface area (Å²) in [6.45, 7) is 4.22. The second-order valence-electron chi connectivity index (χ2n) is 3.96. The Morgan fingerprint density at radius 3 is 2.82 bits per heavy atom. The number of nitrogens with two attached hydrogens (primary N) is 1. The van der Waals surface area contributed by atoms with E-state index < -0.39 is 0 Å². The van der Waals surface area contributed by atoms with Gasteiger partial charge in [0.05, 0.1) is 6.10 Å². The van der Waals surface area contributed by atoms with Gasteiger partial charge in [-0.2, -0.15) is 4.98 Å². The van der Waals surface area contributed by atoms with Crippen molar-refractivity contribution in [3.05, 3.63) is 30.2 Å². The summed E-state index contributed by atoms with van der Waals surface area (Å²) in [4.78, 5) is 4.23. The van der Waals surface area contributed by atoms with E-state index in [9.17, 15) is 0 Å². The van der Waals surface area contributed by atoms with E-state index in [0.717, 1.165) is 5.56 Å². The van der Waals surface area contributed by atoms with Crippen molar-refractivity contribution in [3.8, 4) is 11.4 Å². The summed E-state index contributed by atoms with van der Waals surface area (Å²) in [7, 11) is 0. The molecule has 1 aromatic heterocycles. The molecule has 0 atom stereocenters. The molecule has 0 aliphatic carbocycles. The molecule has 0 fully saturated rings. The highest BCUT2D eigenvalue weighted by atomic mass is 16.5. The van der Waals surface area contributed by atoms with Gasteiger partial charge < -0.3 is 15.0 Å². The van der Waals surface area contributed by atoms with Gasteiger partial charge in [0.2, 0.25) is 5.82 Å². The predicted octanol–water partition coefficient (Wildman–Crippen LogP) is 2.24. The van der Waals surface area contributed by atoms with Gasteiger partial charge in [0, 0.05) is 11.3 Å². The van der Waals surface area contributed by atoms with Gasteiger partial charge in [0.1, 0.15) is 6.61 Å². The average Bonchev–Trinajstić information content (AvgIpc) is 2.75. The third kappa shape index (κ3) is 2.82. The molecule has 5 heteroatoms. The summed E-state index contributed by atoms with van der Waals surface area (Å²) < 4.78 is 10.5. The summed E-state index contributed by atoms with van der Waals surface area (Å²) in [6.07, 6.45) is 0.132. The van der Waals surface area contributed by atoms with E-state index in [2.05, 4.69) is 10.1 Å². The Kier molecular flexibility index (Phi) is 3.39. The number of benzene rings is 1. The number of aromatic nitrogens is 2. The number of nitrogens with zero attached hydrogens (tertiary/aromatic N) is 2. The Balaban J connectivity index is 2.16. The number of rotatable bonds is 4. The first-order chi connectivity index (χ1) is 8.16. The van der Waals surface area contributed by atoms with Gasteiger partial charge >= 0.3 is 0 Å². The Bertz CT molecular complexity index is 494. The monoisotopic (exact) mass is 233 g/mol. The molecule has 1 heterocycles. The van der Waals surface area contributed by atoms with Crippen LogP contribution in [-0.2, 0) is 11.3 Å². The van der Waals surface area contributed by atoms with Gasteiger partial charge in [0.25, 0.3) is 5.89 Å². The SMILES string of the molecule is CC(C)OCc1nc(-c2ccccc2N)no1. The molecule has 90 valence electrons. The zero-order valence-electron chi connectivity index (χ0n) is 9.88. The van der Waals surface area contributed by atoms with Crippen molar-refractivity contribution < 1.29 is 9.26 Å². The van der Waals surface area contributed by atoms with Crippen LogP contribution in [0.3, 0.4) is 0 Å². The van der Waals surface area contributed by atoms with E-state index in [4.69, 9.17) is 15.0 Å². The fraction of sp³-hybridized carbons (Fsp3) is 0.333. The molecule has 2 aromatic rings. The summed E-state index contributed by atoms with van der Waals surface area (Å²) in [5.41, 5.74) is 7.23. The van der Waals surface area contributed by atoms with Gasteiger partial charge in [-0.1, -0.05) is 17.3 Å². The topological polar surface area (TPSA) is 74.2 Å². The Hall–Kier alpha value is -1.88. The first-order valence-electron chi connectivity index (χ1n) is 5.46. The van der Waals surface area contributed by atoms with E-state index >= 15 is 0 Å². The lowest BCUT2D eigenvalue weighted by Gasteiger charge is -2.02.